The van der Waals surface area contributed by atoms with Crippen LogP contribution in [-0.2, 0) is 10.0 Å². The molecule has 3 N–H and O–H groups in total. The van der Waals surface area contributed by atoms with Crippen molar-refractivity contribution in [1.29, 1.82) is 0 Å². The number of benzene rings is 1. The van der Waals surface area contributed by atoms with Gasteiger partial charge in [0, 0.05) is 31.2 Å². The molecule has 1 aromatic carbocycles. The van der Waals surface area contributed by atoms with E-state index in [0.717, 1.165) is 25.7 Å². The third-order valence-corrected chi connectivity index (χ3v) is 6.41. The van der Waals surface area contributed by atoms with Gasteiger partial charge in [-0.3, -0.25) is 4.79 Å². The van der Waals surface area contributed by atoms with E-state index in [9.17, 15) is 13.2 Å². The van der Waals surface area contributed by atoms with Gasteiger partial charge in [0.2, 0.25) is 10.0 Å². The Morgan fingerprint density at radius 3 is 2.44 bits per heavy atom. The lowest BCUT2D eigenvalue weighted by Crippen LogP contribution is -2.33. The fourth-order valence-corrected chi connectivity index (χ4v) is 4.65. The van der Waals surface area contributed by atoms with E-state index in [4.69, 9.17) is 10.5 Å². The molecule has 27 heavy (non-hydrogen) atoms. The zero-order valence-electron chi connectivity index (χ0n) is 15.9. The van der Waals surface area contributed by atoms with Crippen LogP contribution in [0.5, 0.6) is 5.75 Å². The van der Waals surface area contributed by atoms with Crippen LogP contribution in [0.25, 0.3) is 0 Å². The number of carbonyl (C=O) groups is 1. The van der Waals surface area contributed by atoms with Crippen molar-refractivity contribution in [2.75, 3.05) is 26.7 Å². The first-order valence-electron chi connectivity index (χ1n) is 9.08. The second-order valence-electron chi connectivity index (χ2n) is 6.71. The molecular formula is C18H30ClN3O4S. The first kappa shape index (κ1) is 23.7. The molecule has 0 saturated carbocycles. The van der Waals surface area contributed by atoms with E-state index in [0.29, 0.717) is 31.6 Å². The maximum atomic E-state index is 13.1. The van der Waals surface area contributed by atoms with E-state index in [1.54, 1.807) is 6.07 Å². The number of sulfonamides is 1. The fourth-order valence-electron chi connectivity index (χ4n) is 2.96. The standard InChI is InChI=1S/C18H29N3O4S.ClH/c1-14(19)9-10-20-18(22)15-7-8-16(25-2)17(13-15)26(23,24)21-11-5-3-4-6-12-21;/h7-8,13-14H,3-6,9-12,19H2,1-2H3,(H,20,22);1H. The summed E-state index contributed by atoms with van der Waals surface area (Å²) in [4.78, 5) is 12.4. The number of ether oxygens (including phenoxy) is 1. The van der Waals surface area contributed by atoms with Crippen LogP contribution in [0.15, 0.2) is 23.1 Å². The van der Waals surface area contributed by atoms with Crippen molar-refractivity contribution >= 4 is 28.3 Å². The number of nitrogens with zero attached hydrogens (tertiary/aromatic N) is 1. The molecular weight excluding hydrogens is 390 g/mol. The summed E-state index contributed by atoms with van der Waals surface area (Å²) in [7, 11) is -2.28. The number of methoxy groups -OCH3 is 1. The molecule has 2 rings (SSSR count). The van der Waals surface area contributed by atoms with Gasteiger partial charge in [0.05, 0.1) is 7.11 Å². The molecule has 1 atom stereocenters. The van der Waals surface area contributed by atoms with Gasteiger partial charge in [-0.2, -0.15) is 4.31 Å². The van der Waals surface area contributed by atoms with Gasteiger partial charge in [0.15, 0.2) is 0 Å². The Hall–Kier alpha value is -1.35. The largest absolute Gasteiger partial charge is 0.495 e. The summed E-state index contributed by atoms with van der Waals surface area (Å²) in [5.74, 6) is -0.0676. The summed E-state index contributed by atoms with van der Waals surface area (Å²) in [6, 6.07) is 4.50. The molecule has 154 valence electrons. The highest BCUT2D eigenvalue weighted by Gasteiger charge is 2.29. The monoisotopic (exact) mass is 419 g/mol. The van der Waals surface area contributed by atoms with Gasteiger partial charge < -0.3 is 15.8 Å². The quantitative estimate of drug-likeness (QED) is 0.705. The van der Waals surface area contributed by atoms with Gasteiger partial charge in [-0.15, -0.1) is 12.4 Å². The molecule has 9 heteroatoms. The molecule has 1 aliphatic heterocycles. The third-order valence-electron chi connectivity index (χ3n) is 4.49. The molecule has 7 nitrogen and oxygen atoms in total. The summed E-state index contributed by atoms with van der Waals surface area (Å²) in [5.41, 5.74) is 5.97. The van der Waals surface area contributed by atoms with Gasteiger partial charge in [-0.25, -0.2) is 8.42 Å². The van der Waals surface area contributed by atoms with Gasteiger partial charge in [0.25, 0.3) is 5.91 Å². The normalized spacial score (nSPS) is 16.7. The number of rotatable bonds is 7. The molecule has 1 amide bonds. The SMILES string of the molecule is COc1ccc(C(=O)NCCC(C)N)cc1S(=O)(=O)N1CCCCCC1.Cl. The summed E-state index contributed by atoms with van der Waals surface area (Å²) in [6.07, 6.45) is 4.41. The van der Waals surface area contributed by atoms with E-state index in [2.05, 4.69) is 5.32 Å². The topological polar surface area (TPSA) is 102 Å². The summed E-state index contributed by atoms with van der Waals surface area (Å²) in [5, 5.41) is 2.77. The second-order valence-corrected chi connectivity index (χ2v) is 8.61. The average molecular weight is 420 g/mol. The van der Waals surface area contributed by atoms with Gasteiger partial charge in [0.1, 0.15) is 10.6 Å². The van der Waals surface area contributed by atoms with Crippen molar-refractivity contribution in [3.8, 4) is 5.75 Å². The molecule has 1 aromatic rings. The predicted molar refractivity (Wildman–Crippen MR) is 108 cm³/mol. The van der Waals surface area contributed by atoms with Crippen LogP contribution in [0.3, 0.4) is 0 Å². The first-order valence-corrected chi connectivity index (χ1v) is 10.5. The van der Waals surface area contributed by atoms with E-state index in [1.807, 2.05) is 6.92 Å². The highest BCUT2D eigenvalue weighted by molar-refractivity contribution is 7.89. The van der Waals surface area contributed by atoms with Crippen molar-refractivity contribution in [3.63, 3.8) is 0 Å². The Morgan fingerprint density at radius 1 is 1.26 bits per heavy atom. The predicted octanol–water partition coefficient (Wildman–Crippen LogP) is 2.15. The Morgan fingerprint density at radius 2 is 1.89 bits per heavy atom. The minimum atomic E-state index is -3.71. The number of nitrogens with two attached hydrogens (primary N) is 1. The van der Waals surface area contributed by atoms with Crippen molar-refractivity contribution in [2.24, 2.45) is 5.73 Å². The van der Waals surface area contributed by atoms with Crippen LogP contribution < -0.4 is 15.8 Å². The summed E-state index contributed by atoms with van der Waals surface area (Å²) in [6.45, 7) is 3.30. The second kappa shape index (κ2) is 10.8. The molecule has 0 aromatic heterocycles. The van der Waals surface area contributed by atoms with E-state index in [-0.39, 0.29) is 35.0 Å². The fraction of sp³-hybridized carbons (Fsp3) is 0.611. The van der Waals surface area contributed by atoms with E-state index in [1.165, 1.54) is 23.5 Å². The van der Waals surface area contributed by atoms with Crippen LogP contribution >= 0.6 is 12.4 Å². The van der Waals surface area contributed by atoms with Crippen LogP contribution in [0, 0.1) is 0 Å². The number of hydrogen-bond acceptors (Lipinski definition) is 5. The zero-order chi connectivity index (χ0) is 19.2. The molecule has 0 spiro atoms. The molecule has 1 aliphatic rings. The lowest BCUT2D eigenvalue weighted by Gasteiger charge is -2.21. The van der Waals surface area contributed by atoms with Crippen molar-refractivity contribution in [3.05, 3.63) is 23.8 Å². The molecule has 1 unspecified atom stereocenters. The molecule has 1 heterocycles. The third kappa shape index (κ3) is 6.34. The average Bonchev–Trinajstić information content (AvgIpc) is 2.90. The lowest BCUT2D eigenvalue weighted by molar-refractivity contribution is 0.0952. The van der Waals surface area contributed by atoms with Gasteiger partial charge in [-0.05, 0) is 44.4 Å². The molecule has 0 bridgehead atoms. The van der Waals surface area contributed by atoms with Crippen LogP contribution in [0.4, 0.5) is 0 Å². The van der Waals surface area contributed by atoms with Crippen LogP contribution in [0.1, 0.15) is 49.4 Å². The van der Waals surface area contributed by atoms with Gasteiger partial charge in [-0.1, -0.05) is 12.8 Å². The maximum Gasteiger partial charge on any atom is 0.251 e. The molecule has 1 fully saturated rings. The van der Waals surface area contributed by atoms with Crippen LogP contribution in [-0.4, -0.2) is 51.4 Å². The first-order chi connectivity index (χ1) is 12.4. The van der Waals surface area contributed by atoms with Crippen molar-refractivity contribution in [1.82, 2.24) is 9.62 Å². The number of amides is 1. The maximum absolute atomic E-state index is 13.1. The van der Waals surface area contributed by atoms with E-state index < -0.39 is 10.0 Å². The van der Waals surface area contributed by atoms with Crippen molar-refractivity contribution < 1.29 is 17.9 Å². The van der Waals surface area contributed by atoms with Gasteiger partial charge >= 0.3 is 0 Å². The lowest BCUT2D eigenvalue weighted by atomic mass is 10.2. The molecule has 1 saturated heterocycles. The summed E-state index contributed by atoms with van der Waals surface area (Å²) >= 11 is 0. The Labute approximate surface area is 168 Å². The Kier molecular flexibility index (Phi) is 9.52. The smallest absolute Gasteiger partial charge is 0.251 e. The minimum absolute atomic E-state index is 0. The zero-order valence-corrected chi connectivity index (χ0v) is 17.6. The number of hydrogen-bond donors (Lipinski definition) is 2. The highest BCUT2D eigenvalue weighted by atomic mass is 35.5. The molecule has 0 radical (unpaired) electrons. The number of nitrogens with one attached hydrogen (secondary N) is 1. The Balaban J connectivity index is 0.00000364. The summed E-state index contributed by atoms with van der Waals surface area (Å²) < 4.78 is 32.9. The minimum Gasteiger partial charge on any atom is -0.495 e. The van der Waals surface area contributed by atoms with Crippen molar-refractivity contribution in [2.45, 2.75) is 50.0 Å². The number of halogens is 1. The highest BCUT2D eigenvalue weighted by Crippen LogP contribution is 2.29. The Bertz CT molecular complexity index is 717. The van der Waals surface area contributed by atoms with Crippen LogP contribution in [0.2, 0.25) is 0 Å². The molecule has 0 aliphatic carbocycles. The van der Waals surface area contributed by atoms with E-state index >= 15 is 0 Å². The number of carbonyl (C=O) groups excluding carboxylic acids is 1.